The normalized spacial score (nSPS) is 13.2. The molecule has 3 rings (SSSR count). The zero-order chi connectivity index (χ0) is 21.2. The molecular weight excluding hydrogens is 382 g/mol. The van der Waals surface area contributed by atoms with Gasteiger partial charge in [0.05, 0.1) is 10.9 Å². The molecule has 3 aromatic carbocycles. The van der Waals surface area contributed by atoms with Gasteiger partial charge >= 0.3 is 0 Å². The molecule has 0 fully saturated rings. The van der Waals surface area contributed by atoms with Crippen molar-refractivity contribution in [2.45, 2.75) is 44.0 Å². The smallest absolute Gasteiger partial charge is 0.241 e. The highest BCUT2D eigenvalue weighted by atomic mass is 32.2. The Morgan fingerprint density at radius 1 is 0.897 bits per heavy atom. The molecule has 3 aromatic rings. The van der Waals surface area contributed by atoms with Crippen LogP contribution >= 0.6 is 0 Å². The first-order valence-corrected chi connectivity index (χ1v) is 11.0. The maximum atomic E-state index is 13.0. The first-order chi connectivity index (χ1) is 13.6. The standard InChI is InChI=1S/C24H27NO3S/c1-17-10-13-20(14-11-17)29(27,28)25-23(18-8-6-5-7-9-18)21-15-12-19(16-22(21)26)24(2,3)4/h5-16,23,25-26H,1-4H3. The predicted octanol–water partition coefficient (Wildman–Crippen LogP) is 5.07. The van der Waals surface area contributed by atoms with Gasteiger partial charge in [-0.1, -0.05) is 80.9 Å². The summed E-state index contributed by atoms with van der Waals surface area (Å²) < 4.78 is 28.9. The van der Waals surface area contributed by atoms with Crippen LogP contribution in [0.3, 0.4) is 0 Å². The van der Waals surface area contributed by atoms with E-state index in [0.717, 1.165) is 16.7 Å². The molecule has 1 atom stereocenters. The third-order valence-electron chi connectivity index (χ3n) is 4.94. The van der Waals surface area contributed by atoms with Crippen LogP contribution in [0.5, 0.6) is 5.75 Å². The lowest BCUT2D eigenvalue weighted by molar-refractivity contribution is 0.458. The van der Waals surface area contributed by atoms with Gasteiger partial charge in [-0.05, 0) is 41.7 Å². The molecule has 29 heavy (non-hydrogen) atoms. The summed E-state index contributed by atoms with van der Waals surface area (Å²) in [5, 5.41) is 10.8. The third-order valence-corrected chi connectivity index (χ3v) is 6.38. The number of sulfonamides is 1. The average molecular weight is 410 g/mol. The lowest BCUT2D eigenvalue weighted by Gasteiger charge is -2.24. The minimum atomic E-state index is -3.79. The van der Waals surface area contributed by atoms with Crippen LogP contribution in [-0.4, -0.2) is 13.5 Å². The fourth-order valence-corrected chi connectivity index (χ4v) is 4.36. The quantitative estimate of drug-likeness (QED) is 0.618. The molecule has 0 spiro atoms. The summed E-state index contributed by atoms with van der Waals surface area (Å²) in [7, 11) is -3.79. The molecule has 0 aliphatic heterocycles. The zero-order valence-electron chi connectivity index (χ0n) is 17.2. The molecule has 0 saturated carbocycles. The predicted molar refractivity (Wildman–Crippen MR) is 117 cm³/mol. The first kappa shape index (κ1) is 21.1. The SMILES string of the molecule is Cc1ccc(S(=O)(=O)NC(c2ccccc2)c2ccc(C(C)(C)C)cc2O)cc1. The van der Waals surface area contributed by atoms with Crippen molar-refractivity contribution in [1.29, 1.82) is 0 Å². The van der Waals surface area contributed by atoms with Crippen LogP contribution in [0, 0.1) is 6.92 Å². The Morgan fingerprint density at radius 2 is 1.52 bits per heavy atom. The molecule has 152 valence electrons. The minimum absolute atomic E-state index is 0.0675. The summed E-state index contributed by atoms with van der Waals surface area (Å²) in [5.41, 5.74) is 3.10. The Kier molecular flexibility index (Phi) is 5.82. The number of nitrogens with one attached hydrogen (secondary N) is 1. The molecule has 0 aromatic heterocycles. The molecule has 0 aliphatic carbocycles. The molecule has 0 radical (unpaired) electrons. The topological polar surface area (TPSA) is 66.4 Å². The van der Waals surface area contributed by atoms with Gasteiger partial charge in [-0.15, -0.1) is 0 Å². The third kappa shape index (κ3) is 4.86. The molecule has 0 aliphatic rings. The summed E-state index contributed by atoms with van der Waals surface area (Å²) in [6.07, 6.45) is 0. The summed E-state index contributed by atoms with van der Waals surface area (Å²) in [6.45, 7) is 8.11. The fourth-order valence-electron chi connectivity index (χ4n) is 3.15. The number of benzene rings is 3. The Hall–Kier alpha value is -2.63. The van der Waals surface area contributed by atoms with Crippen LogP contribution in [0.4, 0.5) is 0 Å². The average Bonchev–Trinajstić information content (AvgIpc) is 2.67. The van der Waals surface area contributed by atoms with E-state index < -0.39 is 16.1 Å². The van der Waals surface area contributed by atoms with E-state index >= 15 is 0 Å². The number of phenolic OH excluding ortho intramolecular Hbond substituents is 1. The van der Waals surface area contributed by atoms with Crippen molar-refractivity contribution >= 4 is 10.0 Å². The van der Waals surface area contributed by atoms with Crippen molar-refractivity contribution in [2.75, 3.05) is 0 Å². The molecular formula is C24H27NO3S. The van der Waals surface area contributed by atoms with Crippen molar-refractivity contribution < 1.29 is 13.5 Å². The zero-order valence-corrected chi connectivity index (χ0v) is 18.0. The van der Waals surface area contributed by atoms with Gasteiger partial charge < -0.3 is 5.11 Å². The Labute approximate surface area is 173 Å². The van der Waals surface area contributed by atoms with E-state index in [1.54, 1.807) is 36.4 Å². The lowest BCUT2D eigenvalue weighted by atomic mass is 9.85. The van der Waals surface area contributed by atoms with Crippen molar-refractivity contribution in [2.24, 2.45) is 0 Å². The monoisotopic (exact) mass is 409 g/mol. The first-order valence-electron chi connectivity index (χ1n) is 9.55. The summed E-state index contributed by atoms with van der Waals surface area (Å²) in [4.78, 5) is 0.190. The summed E-state index contributed by atoms with van der Waals surface area (Å²) in [6, 6.07) is 20.7. The molecule has 5 heteroatoms. The van der Waals surface area contributed by atoms with Crippen LogP contribution in [0.1, 0.15) is 49.1 Å². The highest BCUT2D eigenvalue weighted by molar-refractivity contribution is 7.89. The number of phenols is 1. The van der Waals surface area contributed by atoms with E-state index in [1.165, 1.54) is 0 Å². The van der Waals surface area contributed by atoms with Gasteiger partial charge in [0.25, 0.3) is 0 Å². The van der Waals surface area contributed by atoms with Crippen LogP contribution in [0.15, 0.2) is 77.7 Å². The van der Waals surface area contributed by atoms with E-state index in [0.29, 0.717) is 5.56 Å². The summed E-state index contributed by atoms with van der Waals surface area (Å²) in [5.74, 6) is 0.0675. The number of rotatable bonds is 5. The molecule has 0 heterocycles. The van der Waals surface area contributed by atoms with Gasteiger partial charge in [-0.25, -0.2) is 8.42 Å². The molecule has 0 amide bonds. The highest BCUT2D eigenvalue weighted by Crippen LogP contribution is 2.34. The number of aromatic hydroxyl groups is 1. The van der Waals surface area contributed by atoms with Crippen LogP contribution in [0.2, 0.25) is 0 Å². The second-order valence-corrected chi connectivity index (χ2v) is 10.0. The number of hydrogen-bond acceptors (Lipinski definition) is 3. The van der Waals surface area contributed by atoms with E-state index in [9.17, 15) is 13.5 Å². The molecule has 2 N–H and O–H groups in total. The van der Waals surface area contributed by atoms with Crippen LogP contribution in [0.25, 0.3) is 0 Å². The summed E-state index contributed by atoms with van der Waals surface area (Å²) >= 11 is 0. The van der Waals surface area contributed by atoms with E-state index in [2.05, 4.69) is 25.5 Å². The van der Waals surface area contributed by atoms with E-state index in [1.807, 2.05) is 43.3 Å². The number of hydrogen-bond donors (Lipinski definition) is 2. The van der Waals surface area contributed by atoms with Gasteiger partial charge in [0.2, 0.25) is 10.0 Å². The molecule has 4 nitrogen and oxygen atoms in total. The van der Waals surface area contributed by atoms with Gasteiger partial charge in [0.15, 0.2) is 0 Å². The van der Waals surface area contributed by atoms with E-state index in [-0.39, 0.29) is 16.1 Å². The van der Waals surface area contributed by atoms with E-state index in [4.69, 9.17) is 0 Å². The lowest BCUT2D eigenvalue weighted by Crippen LogP contribution is -2.29. The Balaban J connectivity index is 2.06. The van der Waals surface area contributed by atoms with Crippen LogP contribution in [-0.2, 0) is 15.4 Å². The molecule has 0 saturated heterocycles. The van der Waals surface area contributed by atoms with Crippen molar-refractivity contribution in [3.8, 4) is 5.75 Å². The molecule has 1 unspecified atom stereocenters. The minimum Gasteiger partial charge on any atom is -0.508 e. The van der Waals surface area contributed by atoms with Gasteiger partial charge in [0.1, 0.15) is 5.75 Å². The van der Waals surface area contributed by atoms with Gasteiger partial charge in [-0.3, -0.25) is 0 Å². The highest BCUT2D eigenvalue weighted by Gasteiger charge is 2.26. The van der Waals surface area contributed by atoms with Crippen molar-refractivity contribution in [3.63, 3.8) is 0 Å². The Bertz CT molecular complexity index is 1080. The van der Waals surface area contributed by atoms with Crippen molar-refractivity contribution in [3.05, 3.63) is 95.1 Å². The molecule has 0 bridgehead atoms. The second-order valence-electron chi connectivity index (χ2n) is 8.30. The van der Waals surface area contributed by atoms with Gasteiger partial charge in [0, 0.05) is 5.56 Å². The maximum Gasteiger partial charge on any atom is 0.241 e. The fraction of sp³-hybridized carbons (Fsp3) is 0.250. The number of aryl methyl sites for hydroxylation is 1. The largest absolute Gasteiger partial charge is 0.508 e. The Morgan fingerprint density at radius 3 is 2.07 bits per heavy atom. The second kappa shape index (κ2) is 8.01. The van der Waals surface area contributed by atoms with Crippen molar-refractivity contribution in [1.82, 2.24) is 4.72 Å². The van der Waals surface area contributed by atoms with Gasteiger partial charge in [-0.2, -0.15) is 4.72 Å². The van der Waals surface area contributed by atoms with Crippen LogP contribution < -0.4 is 4.72 Å². The maximum absolute atomic E-state index is 13.0.